The van der Waals surface area contributed by atoms with Gasteiger partial charge in [0.15, 0.2) is 0 Å². The van der Waals surface area contributed by atoms with Crippen molar-refractivity contribution in [1.29, 1.82) is 0 Å². The predicted molar refractivity (Wildman–Crippen MR) is 62.5 cm³/mol. The normalized spacial score (nSPS) is 9.86. The second-order valence-corrected chi connectivity index (χ2v) is 3.99. The Balaban J connectivity index is 2.63. The van der Waals surface area contributed by atoms with Crippen LogP contribution in [0.3, 0.4) is 0 Å². The van der Waals surface area contributed by atoms with E-state index in [-0.39, 0.29) is 5.56 Å². The van der Waals surface area contributed by atoms with Gasteiger partial charge in [0.1, 0.15) is 3.57 Å². The van der Waals surface area contributed by atoms with Gasteiger partial charge in [-0.25, -0.2) is 4.98 Å². The molecule has 0 saturated carbocycles. The number of nitrogens with zero attached hydrogens (tertiary/aromatic N) is 1. The van der Waals surface area contributed by atoms with Crippen LogP contribution in [0.1, 0.15) is 13.3 Å². The van der Waals surface area contributed by atoms with Crippen molar-refractivity contribution in [2.75, 3.05) is 6.61 Å². The van der Waals surface area contributed by atoms with E-state index in [0.717, 1.165) is 12.0 Å². The third-order valence-corrected chi connectivity index (χ3v) is 2.48. The molecule has 4 nitrogen and oxygen atoms in total. The summed E-state index contributed by atoms with van der Waals surface area (Å²) >= 11 is 1.91. The number of halogens is 1. The lowest BCUT2D eigenvalue weighted by molar-refractivity contribution is 0.305. The number of hydrogen-bond acceptors (Lipinski definition) is 3. The molecule has 0 amide bonds. The Bertz CT molecular complexity index is 387. The van der Waals surface area contributed by atoms with Gasteiger partial charge in [0.05, 0.1) is 12.9 Å². The number of aromatic nitrogens is 2. The molecule has 1 aromatic rings. The first kappa shape index (κ1) is 11.2. The zero-order chi connectivity index (χ0) is 10.6. The van der Waals surface area contributed by atoms with Crippen LogP contribution in [0.15, 0.2) is 23.3 Å². The van der Waals surface area contributed by atoms with Crippen LogP contribution in [0, 0.1) is 3.57 Å². The molecule has 1 rings (SSSR count). The second kappa shape index (κ2) is 5.14. The van der Waals surface area contributed by atoms with Gasteiger partial charge in [-0.05, 0) is 29.5 Å². The lowest BCUT2D eigenvalue weighted by Gasteiger charge is -2.05. The number of ether oxygens (including phenoxy) is 1. The van der Waals surface area contributed by atoms with Crippen LogP contribution in [0.4, 0.5) is 0 Å². The summed E-state index contributed by atoms with van der Waals surface area (Å²) in [6, 6.07) is 0. The first-order valence-corrected chi connectivity index (χ1v) is 5.19. The SMILES string of the molecule is C=C(C)CCOc1nc[nH]c(=O)c1I. The van der Waals surface area contributed by atoms with Crippen molar-refractivity contribution in [3.8, 4) is 5.88 Å². The molecule has 0 aliphatic rings. The Labute approximate surface area is 95.5 Å². The maximum atomic E-state index is 11.1. The van der Waals surface area contributed by atoms with E-state index in [1.54, 1.807) is 0 Å². The Hall–Kier alpha value is -0.850. The molecule has 5 heteroatoms. The fourth-order valence-electron chi connectivity index (χ4n) is 0.789. The monoisotopic (exact) mass is 306 g/mol. The van der Waals surface area contributed by atoms with Crippen molar-refractivity contribution < 1.29 is 4.74 Å². The minimum atomic E-state index is -0.175. The summed E-state index contributed by atoms with van der Waals surface area (Å²) in [4.78, 5) is 17.5. The highest BCUT2D eigenvalue weighted by atomic mass is 127. The van der Waals surface area contributed by atoms with Crippen molar-refractivity contribution in [2.45, 2.75) is 13.3 Å². The molecule has 1 aromatic heterocycles. The highest BCUT2D eigenvalue weighted by molar-refractivity contribution is 14.1. The van der Waals surface area contributed by atoms with E-state index in [2.05, 4.69) is 16.5 Å². The number of rotatable bonds is 4. The molecule has 0 atom stereocenters. The average molecular weight is 306 g/mol. The van der Waals surface area contributed by atoms with Gasteiger partial charge in [-0.1, -0.05) is 5.57 Å². The van der Waals surface area contributed by atoms with Gasteiger partial charge in [0.25, 0.3) is 5.56 Å². The standard InChI is InChI=1S/C9H11IN2O2/c1-6(2)3-4-14-9-7(10)8(13)11-5-12-9/h5H,1,3-4H2,2H3,(H,11,12,13). The number of hydrogen-bond donors (Lipinski definition) is 1. The molecule has 1 N–H and O–H groups in total. The fourth-order valence-corrected chi connectivity index (χ4v) is 1.24. The Morgan fingerprint density at radius 2 is 2.50 bits per heavy atom. The molecule has 0 bridgehead atoms. The van der Waals surface area contributed by atoms with Gasteiger partial charge in [0, 0.05) is 6.42 Å². The van der Waals surface area contributed by atoms with E-state index in [1.807, 2.05) is 29.5 Å². The summed E-state index contributed by atoms with van der Waals surface area (Å²) in [5.41, 5.74) is 0.871. The van der Waals surface area contributed by atoms with Gasteiger partial charge in [-0.2, -0.15) is 0 Å². The number of aromatic amines is 1. The lowest BCUT2D eigenvalue weighted by Crippen LogP contribution is -2.13. The second-order valence-electron chi connectivity index (χ2n) is 2.91. The fraction of sp³-hybridized carbons (Fsp3) is 0.333. The molecule has 0 fully saturated rings. The number of H-pyrrole nitrogens is 1. The molecule has 0 unspecified atom stereocenters. The van der Waals surface area contributed by atoms with Crippen molar-refractivity contribution >= 4 is 22.6 Å². The topological polar surface area (TPSA) is 55.0 Å². The van der Waals surface area contributed by atoms with Crippen molar-refractivity contribution in [3.05, 3.63) is 32.4 Å². The molecule has 0 aliphatic heterocycles. The summed E-state index contributed by atoms with van der Waals surface area (Å²) < 4.78 is 5.81. The largest absolute Gasteiger partial charge is 0.476 e. The highest BCUT2D eigenvalue weighted by Crippen LogP contribution is 2.12. The van der Waals surface area contributed by atoms with Crippen LogP contribution >= 0.6 is 22.6 Å². The van der Waals surface area contributed by atoms with Gasteiger partial charge < -0.3 is 9.72 Å². The maximum absolute atomic E-state index is 11.1. The van der Waals surface area contributed by atoms with Crippen LogP contribution in [-0.4, -0.2) is 16.6 Å². The van der Waals surface area contributed by atoms with E-state index in [9.17, 15) is 4.79 Å². The molecule has 76 valence electrons. The minimum Gasteiger partial charge on any atom is -0.476 e. The van der Waals surface area contributed by atoms with Crippen LogP contribution in [0.5, 0.6) is 5.88 Å². The molecule has 0 spiro atoms. The first-order valence-electron chi connectivity index (χ1n) is 4.11. The van der Waals surface area contributed by atoms with Crippen LogP contribution in [-0.2, 0) is 0 Å². The highest BCUT2D eigenvalue weighted by Gasteiger charge is 2.05. The maximum Gasteiger partial charge on any atom is 0.268 e. The summed E-state index contributed by atoms with van der Waals surface area (Å²) in [7, 11) is 0. The number of nitrogens with one attached hydrogen (secondary N) is 1. The van der Waals surface area contributed by atoms with E-state index in [4.69, 9.17) is 4.74 Å². The summed E-state index contributed by atoms with van der Waals surface area (Å²) in [5, 5.41) is 0. The molecular formula is C9H11IN2O2. The van der Waals surface area contributed by atoms with Gasteiger partial charge in [0.2, 0.25) is 5.88 Å². The summed E-state index contributed by atoms with van der Waals surface area (Å²) in [6.07, 6.45) is 2.10. The summed E-state index contributed by atoms with van der Waals surface area (Å²) in [6.45, 7) is 6.19. The first-order chi connectivity index (χ1) is 6.61. The zero-order valence-electron chi connectivity index (χ0n) is 7.84. The third-order valence-electron chi connectivity index (χ3n) is 1.53. The molecule has 0 radical (unpaired) electrons. The van der Waals surface area contributed by atoms with Crippen molar-refractivity contribution in [2.24, 2.45) is 0 Å². The smallest absolute Gasteiger partial charge is 0.268 e. The quantitative estimate of drug-likeness (QED) is 0.681. The molecule has 0 aliphatic carbocycles. The predicted octanol–water partition coefficient (Wildman–Crippen LogP) is 1.72. The molecule has 0 saturated heterocycles. The van der Waals surface area contributed by atoms with Gasteiger partial charge in [-0.3, -0.25) is 4.79 Å². The van der Waals surface area contributed by atoms with E-state index < -0.39 is 0 Å². The van der Waals surface area contributed by atoms with Crippen molar-refractivity contribution in [3.63, 3.8) is 0 Å². The Morgan fingerprint density at radius 3 is 3.14 bits per heavy atom. The lowest BCUT2D eigenvalue weighted by atomic mass is 10.3. The summed E-state index contributed by atoms with van der Waals surface area (Å²) in [5.74, 6) is 0.385. The third kappa shape index (κ3) is 3.13. The van der Waals surface area contributed by atoms with Crippen LogP contribution in [0.2, 0.25) is 0 Å². The van der Waals surface area contributed by atoms with E-state index in [1.165, 1.54) is 6.33 Å². The molecule has 0 aromatic carbocycles. The van der Waals surface area contributed by atoms with Crippen LogP contribution in [0.25, 0.3) is 0 Å². The molecule has 1 heterocycles. The molecule has 14 heavy (non-hydrogen) atoms. The Morgan fingerprint density at radius 1 is 1.79 bits per heavy atom. The average Bonchev–Trinajstić information content (AvgIpc) is 2.12. The Kier molecular flexibility index (Phi) is 4.12. The van der Waals surface area contributed by atoms with Gasteiger partial charge >= 0.3 is 0 Å². The molecular weight excluding hydrogens is 295 g/mol. The van der Waals surface area contributed by atoms with E-state index >= 15 is 0 Å². The van der Waals surface area contributed by atoms with Crippen LogP contribution < -0.4 is 10.3 Å². The minimum absolute atomic E-state index is 0.175. The van der Waals surface area contributed by atoms with Gasteiger partial charge in [-0.15, -0.1) is 6.58 Å². The zero-order valence-corrected chi connectivity index (χ0v) is 10.00. The van der Waals surface area contributed by atoms with E-state index in [0.29, 0.717) is 16.1 Å². The van der Waals surface area contributed by atoms with Crippen molar-refractivity contribution in [1.82, 2.24) is 9.97 Å².